The van der Waals surface area contributed by atoms with Crippen LogP contribution in [0.5, 0.6) is 0 Å². The third-order valence-corrected chi connectivity index (χ3v) is 8.01. The Labute approximate surface area is 179 Å². The van der Waals surface area contributed by atoms with Gasteiger partial charge in [-0.2, -0.15) is 4.31 Å². The predicted molar refractivity (Wildman–Crippen MR) is 118 cm³/mol. The van der Waals surface area contributed by atoms with E-state index >= 15 is 0 Å². The molecule has 0 bridgehead atoms. The predicted octanol–water partition coefficient (Wildman–Crippen LogP) is 3.55. The molecule has 2 fully saturated rings. The molecule has 0 aliphatic carbocycles. The van der Waals surface area contributed by atoms with Crippen molar-refractivity contribution in [2.24, 2.45) is 11.8 Å². The Morgan fingerprint density at radius 3 is 2.33 bits per heavy atom. The normalized spacial score (nSPS) is 20.5. The number of piperidine rings is 2. The van der Waals surface area contributed by atoms with Gasteiger partial charge in [0.1, 0.15) is 5.69 Å². The number of nitrogens with one attached hydrogen (secondary N) is 1. The summed E-state index contributed by atoms with van der Waals surface area (Å²) in [4.78, 5) is 13.6. The molecule has 8 nitrogen and oxygen atoms in total. The van der Waals surface area contributed by atoms with Crippen molar-refractivity contribution < 1.29 is 13.3 Å². The lowest BCUT2D eigenvalue weighted by molar-refractivity contribution is -0.384. The first-order chi connectivity index (χ1) is 14.2. The molecule has 2 saturated heterocycles. The molecule has 2 aliphatic rings. The second-order valence-electron chi connectivity index (χ2n) is 9.14. The molecule has 2 heterocycles. The lowest BCUT2D eigenvalue weighted by atomic mass is 10.0. The van der Waals surface area contributed by atoms with Gasteiger partial charge in [-0.05, 0) is 49.7 Å². The summed E-state index contributed by atoms with van der Waals surface area (Å²) in [5.74, 6) is 1.12. The van der Waals surface area contributed by atoms with Crippen LogP contribution in [-0.4, -0.2) is 61.3 Å². The lowest BCUT2D eigenvalue weighted by Crippen LogP contribution is -2.40. The maximum Gasteiger partial charge on any atom is 0.293 e. The van der Waals surface area contributed by atoms with Crippen LogP contribution in [0.25, 0.3) is 0 Å². The smallest absolute Gasteiger partial charge is 0.293 e. The van der Waals surface area contributed by atoms with Gasteiger partial charge in [0.15, 0.2) is 0 Å². The van der Waals surface area contributed by atoms with E-state index in [0.29, 0.717) is 30.6 Å². The van der Waals surface area contributed by atoms with Gasteiger partial charge in [0.25, 0.3) is 5.69 Å². The number of hydrogen-bond acceptors (Lipinski definition) is 6. The highest BCUT2D eigenvalue weighted by Crippen LogP contribution is 2.32. The molecule has 168 valence electrons. The summed E-state index contributed by atoms with van der Waals surface area (Å²) in [6.07, 6.45) is 3.46. The van der Waals surface area contributed by atoms with Crippen LogP contribution in [0, 0.1) is 22.0 Å². The minimum absolute atomic E-state index is 0.000978. The number of benzene rings is 1. The van der Waals surface area contributed by atoms with Crippen LogP contribution in [0.2, 0.25) is 0 Å². The van der Waals surface area contributed by atoms with E-state index in [1.807, 2.05) is 0 Å². The summed E-state index contributed by atoms with van der Waals surface area (Å²) in [5.41, 5.74) is 0.222. The Morgan fingerprint density at radius 1 is 1.13 bits per heavy atom. The second-order valence-corrected chi connectivity index (χ2v) is 11.1. The first-order valence-electron chi connectivity index (χ1n) is 10.9. The van der Waals surface area contributed by atoms with Crippen molar-refractivity contribution in [1.82, 2.24) is 9.21 Å². The quantitative estimate of drug-likeness (QED) is 0.517. The van der Waals surface area contributed by atoms with Crippen LogP contribution in [-0.2, 0) is 10.0 Å². The number of sulfonamides is 1. The topological polar surface area (TPSA) is 95.8 Å². The summed E-state index contributed by atoms with van der Waals surface area (Å²) < 4.78 is 27.4. The first kappa shape index (κ1) is 23.0. The maximum absolute atomic E-state index is 13.0. The van der Waals surface area contributed by atoms with Gasteiger partial charge in [-0.25, -0.2) is 8.42 Å². The second kappa shape index (κ2) is 9.62. The van der Waals surface area contributed by atoms with Crippen LogP contribution >= 0.6 is 0 Å². The molecule has 0 spiro atoms. The summed E-state index contributed by atoms with van der Waals surface area (Å²) in [5, 5.41) is 15.0. The van der Waals surface area contributed by atoms with Crippen molar-refractivity contribution in [1.29, 1.82) is 0 Å². The standard InChI is InChI=1S/C21H34N4O4S/c1-16(2)15-23-10-8-18(9-11-23)22-20-5-4-19(14-21(20)25(26)27)30(28,29)24-12-6-17(3)7-13-24/h4-5,14,16-18,22H,6-13,15H2,1-3H3. The zero-order chi connectivity index (χ0) is 21.9. The first-order valence-corrected chi connectivity index (χ1v) is 12.4. The molecule has 1 N–H and O–H groups in total. The molecule has 1 aromatic carbocycles. The number of nitro benzene ring substituents is 1. The van der Waals surface area contributed by atoms with Gasteiger partial charge in [0.05, 0.1) is 9.82 Å². The minimum atomic E-state index is -3.72. The van der Waals surface area contributed by atoms with Crippen molar-refractivity contribution in [3.05, 3.63) is 28.3 Å². The summed E-state index contributed by atoms with van der Waals surface area (Å²) >= 11 is 0. The highest BCUT2D eigenvalue weighted by atomic mass is 32.2. The van der Waals surface area contributed by atoms with E-state index in [1.54, 1.807) is 6.07 Å². The maximum atomic E-state index is 13.0. The number of anilines is 1. The Hall–Kier alpha value is -1.71. The zero-order valence-corrected chi connectivity index (χ0v) is 19.0. The van der Waals surface area contributed by atoms with E-state index in [9.17, 15) is 18.5 Å². The van der Waals surface area contributed by atoms with Crippen molar-refractivity contribution in [3.8, 4) is 0 Å². The summed E-state index contributed by atoms with van der Waals surface area (Å²) in [6, 6.07) is 4.41. The number of rotatable bonds is 7. The fourth-order valence-electron chi connectivity index (χ4n) is 4.32. The largest absolute Gasteiger partial charge is 0.377 e. The van der Waals surface area contributed by atoms with E-state index in [4.69, 9.17) is 0 Å². The van der Waals surface area contributed by atoms with Crippen LogP contribution in [0.1, 0.15) is 46.5 Å². The lowest BCUT2D eigenvalue weighted by Gasteiger charge is -2.33. The fourth-order valence-corrected chi connectivity index (χ4v) is 5.81. The zero-order valence-electron chi connectivity index (χ0n) is 18.2. The van der Waals surface area contributed by atoms with Gasteiger partial charge >= 0.3 is 0 Å². The Morgan fingerprint density at radius 2 is 1.77 bits per heavy atom. The van der Waals surface area contributed by atoms with Crippen LogP contribution in [0.15, 0.2) is 23.1 Å². The average molecular weight is 439 g/mol. The number of likely N-dealkylation sites (tertiary alicyclic amines) is 1. The van der Waals surface area contributed by atoms with Crippen LogP contribution in [0.3, 0.4) is 0 Å². The molecule has 2 aliphatic heterocycles. The van der Waals surface area contributed by atoms with Crippen LogP contribution < -0.4 is 5.32 Å². The molecular formula is C21H34N4O4S. The molecule has 0 atom stereocenters. The third-order valence-electron chi connectivity index (χ3n) is 6.12. The van der Waals surface area contributed by atoms with E-state index in [-0.39, 0.29) is 16.6 Å². The highest BCUT2D eigenvalue weighted by Gasteiger charge is 2.30. The van der Waals surface area contributed by atoms with Gasteiger partial charge in [-0.15, -0.1) is 0 Å². The van der Waals surface area contributed by atoms with Gasteiger partial charge in [-0.3, -0.25) is 10.1 Å². The third kappa shape index (κ3) is 5.50. The monoisotopic (exact) mass is 438 g/mol. The highest BCUT2D eigenvalue weighted by molar-refractivity contribution is 7.89. The van der Waals surface area contributed by atoms with E-state index in [1.165, 1.54) is 16.4 Å². The number of nitro groups is 1. The van der Waals surface area contributed by atoms with Crippen molar-refractivity contribution in [2.75, 3.05) is 38.0 Å². The fraction of sp³-hybridized carbons (Fsp3) is 0.714. The Balaban J connectivity index is 1.72. The molecule has 1 aromatic rings. The van der Waals surface area contributed by atoms with Crippen LogP contribution in [0.4, 0.5) is 11.4 Å². The van der Waals surface area contributed by atoms with Gasteiger partial charge < -0.3 is 10.2 Å². The number of nitrogens with zero attached hydrogens (tertiary/aromatic N) is 3. The SMILES string of the molecule is CC(C)CN1CCC(Nc2ccc(S(=O)(=O)N3CCC(C)CC3)cc2[N+](=O)[O-])CC1. The molecule has 0 aromatic heterocycles. The molecule has 0 amide bonds. The summed E-state index contributed by atoms with van der Waals surface area (Å²) in [6.45, 7) is 10.4. The van der Waals surface area contributed by atoms with Crippen molar-refractivity contribution >= 4 is 21.4 Å². The van der Waals surface area contributed by atoms with E-state index < -0.39 is 14.9 Å². The summed E-state index contributed by atoms with van der Waals surface area (Å²) in [7, 11) is -3.72. The molecule has 3 rings (SSSR count). The molecule has 9 heteroatoms. The van der Waals surface area contributed by atoms with Gasteiger partial charge in [-0.1, -0.05) is 20.8 Å². The molecule has 0 saturated carbocycles. The molecule has 0 unspecified atom stereocenters. The minimum Gasteiger partial charge on any atom is -0.377 e. The number of hydrogen-bond donors (Lipinski definition) is 1. The Bertz CT molecular complexity index is 843. The molecular weight excluding hydrogens is 404 g/mol. The van der Waals surface area contributed by atoms with Gasteiger partial charge in [0.2, 0.25) is 10.0 Å². The van der Waals surface area contributed by atoms with Crippen molar-refractivity contribution in [3.63, 3.8) is 0 Å². The van der Waals surface area contributed by atoms with E-state index in [2.05, 4.69) is 31.0 Å². The van der Waals surface area contributed by atoms with Gasteiger partial charge in [0, 0.05) is 44.8 Å². The average Bonchev–Trinajstić information content (AvgIpc) is 2.69. The Kier molecular flexibility index (Phi) is 7.36. The molecule has 30 heavy (non-hydrogen) atoms. The molecule has 0 radical (unpaired) electrons. The van der Waals surface area contributed by atoms with Crippen molar-refractivity contribution in [2.45, 2.75) is 57.4 Å². The van der Waals surface area contributed by atoms with E-state index in [0.717, 1.165) is 45.3 Å².